The topological polar surface area (TPSA) is 20.7 Å². The van der Waals surface area contributed by atoms with Gasteiger partial charge in [0.2, 0.25) is 0 Å². The molecule has 1 aromatic heterocycles. The quantitative estimate of drug-likeness (QED) is 0.776. The maximum Gasteiger partial charge on any atom is 0.178 e. The van der Waals surface area contributed by atoms with E-state index in [-0.39, 0.29) is 5.82 Å². The van der Waals surface area contributed by atoms with E-state index in [4.69, 9.17) is 12.2 Å². The van der Waals surface area contributed by atoms with Crippen LogP contribution >= 0.6 is 44.1 Å². The number of allylic oxidation sites excluding steroid dienone is 1. The fourth-order valence-electron chi connectivity index (χ4n) is 1.48. The minimum absolute atomic E-state index is 0.310. The Morgan fingerprint density at radius 2 is 2.25 bits per heavy atom. The zero-order chi connectivity index (χ0) is 11.9. The van der Waals surface area contributed by atoms with Crippen LogP contribution in [0.3, 0.4) is 0 Å². The Bertz CT molecular complexity index is 630. The van der Waals surface area contributed by atoms with Crippen LogP contribution in [-0.2, 0) is 6.54 Å². The molecular formula is C10H7Br2FN2S. The Balaban J connectivity index is 2.74. The number of nitrogens with one attached hydrogen (secondary N) is 1. The molecule has 0 atom stereocenters. The van der Waals surface area contributed by atoms with Gasteiger partial charge in [-0.2, -0.15) is 0 Å². The summed E-state index contributed by atoms with van der Waals surface area (Å²) in [5.41, 5.74) is 1.53. The maximum atomic E-state index is 13.4. The second-order valence-electron chi connectivity index (χ2n) is 3.32. The van der Waals surface area contributed by atoms with Gasteiger partial charge in [-0.3, -0.25) is 0 Å². The van der Waals surface area contributed by atoms with Crippen molar-refractivity contribution >= 4 is 55.1 Å². The van der Waals surface area contributed by atoms with Crippen molar-refractivity contribution in [1.29, 1.82) is 0 Å². The van der Waals surface area contributed by atoms with Gasteiger partial charge in [-0.25, -0.2) is 4.39 Å². The van der Waals surface area contributed by atoms with Crippen molar-refractivity contribution in [2.24, 2.45) is 0 Å². The van der Waals surface area contributed by atoms with Gasteiger partial charge in [0.15, 0.2) is 4.77 Å². The molecule has 16 heavy (non-hydrogen) atoms. The summed E-state index contributed by atoms with van der Waals surface area (Å²) < 4.78 is 17.0. The van der Waals surface area contributed by atoms with Gasteiger partial charge in [-0.1, -0.05) is 22.5 Å². The summed E-state index contributed by atoms with van der Waals surface area (Å²) in [6.07, 6.45) is 0. The van der Waals surface area contributed by atoms with Crippen LogP contribution in [0.4, 0.5) is 4.39 Å². The van der Waals surface area contributed by atoms with Crippen LogP contribution in [0, 0.1) is 10.6 Å². The van der Waals surface area contributed by atoms with E-state index in [9.17, 15) is 4.39 Å². The predicted molar refractivity (Wildman–Crippen MR) is 72.8 cm³/mol. The summed E-state index contributed by atoms with van der Waals surface area (Å²) in [6.45, 7) is 4.26. The van der Waals surface area contributed by atoms with E-state index >= 15 is 0 Å². The number of hydrogen-bond acceptors (Lipinski definition) is 1. The van der Waals surface area contributed by atoms with Crippen LogP contribution in [0.25, 0.3) is 11.0 Å². The highest BCUT2D eigenvalue weighted by Gasteiger charge is 2.08. The van der Waals surface area contributed by atoms with Crippen molar-refractivity contribution in [1.82, 2.24) is 9.55 Å². The molecule has 0 aliphatic heterocycles. The van der Waals surface area contributed by atoms with Crippen LogP contribution in [0.5, 0.6) is 0 Å². The van der Waals surface area contributed by atoms with Gasteiger partial charge in [0, 0.05) is 10.5 Å². The monoisotopic (exact) mass is 364 g/mol. The second-order valence-corrected chi connectivity index (χ2v) is 5.68. The molecule has 2 nitrogen and oxygen atoms in total. The minimum Gasteiger partial charge on any atom is -0.331 e. The molecule has 0 radical (unpaired) electrons. The Morgan fingerprint density at radius 1 is 1.56 bits per heavy atom. The highest BCUT2D eigenvalue weighted by Crippen LogP contribution is 2.24. The lowest BCUT2D eigenvalue weighted by Gasteiger charge is -2.03. The molecule has 0 unspecified atom stereocenters. The van der Waals surface area contributed by atoms with Crippen molar-refractivity contribution in [3.63, 3.8) is 0 Å². The first-order valence-corrected chi connectivity index (χ1v) is 6.39. The van der Waals surface area contributed by atoms with Gasteiger partial charge < -0.3 is 9.55 Å². The number of fused-ring (bicyclic) bond motifs is 1. The van der Waals surface area contributed by atoms with E-state index in [2.05, 4.69) is 43.4 Å². The number of nitrogens with zero attached hydrogens (tertiary/aromatic N) is 1. The molecule has 0 fully saturated rings. The van der Waals surface area contributed by atoms with E-state index in [0.29, 0.717) is 15.8 Å². The third-order valence-corrected chi connectivity index (χ3v) is 3.33. The number of halogens is 3. The molecular weight excluding hydrogens is 359 g/mol. The first kappa shape index (κ1) is 12.0. The standard InChI is InChI=1S/C10H7Br2FN2S/c1-5(11)4-15-9-3-7(13)6(12)2-8(9)14-10(15)16/h2-3H,1,4H2,(H,14,16). The molecule has 84 valence electrons. The van der Waals surface area contributed by atoms with Crippen molar-refractivity contribution in [2.45, 2.75) is 6.54 Å². The highest BCUT2D eigenvalue weighted by molar-refractivity contribution is 9.11. The number of aromatic amines is 1. The minimum atomic E-state index is -0.310. The lowest BCUT2D eigenvalue weighted by atomic mass is 10.3. The average molecular weight is 366 g/mol. The van der Waals surface area contributed by atoms with E-state index in [1.807, 2.05) is 0 Å². The first-order chi connectivity index (χ1) is 7.49. The third-order valence-electron chi connectivity index (χ3n) is 2.15. The Labute approximate surface area is 113 Å². The molecule has 0 spiro atoms. The summed E-state index contributed by atoms with van der Waals surface area (Å²) in [4.78, 5) is 3.02. The van der Waals surface area contributed by atoms with Crippen LogP contribution < -0.4 is 0 Å². The van der Waals surface area contributed by atoms with Crippen molar-refractivity contribution in [3.8, 4) is 0 Å². The fourth-order valence-corrected chi connectivity index (χ4v) is 2.35. The van der Waals surface area contributed by atoms with Gasteiger partial charge >= 0.3 is 0 Å². The zero-order valence-electron chi connectivity index (χ0n) is 8.06. The summed E-state index contributed by atoms with van der Waals surface area (Å²) in [6, 6.07) is 3.12. The van der Waals surface area contributed by atoms with Gasteiger partial charge in [-0.05, 0) is 34.2 Å². The molecule has 0 aliphatic carbocycles. The van der Waals surface area contributed by atoms with Gasteiger partial charge in [-0.15, -0.1) is 0 Å². The summed E-state index contributed by atoms with van der Waals surface area (Å²) in [5, 5.41) is 0. The Kier molecular flexibility index (Phi) is 3.32. The smallest absolute Gasteiger partial charge is 0.178 e. The molecule has 2 aromatic rings. The lowest BCUT2D eigenvalue weighted by Crippen LogP contribution is -1.97. The zero-order valence-corrected chi connectivity index (χ0v) is 12.0. The first-order valence-electron chi connectivity index (χ1n) is 4.40. The normalized spacial score (nSPS) is 10.9. The molecule has 1 aromatic carbocycles. The third kappa shape index (κ3) is 2.14. The van der Waals surface area contributed by atoms with Crippen molar-refractivity contribution < 1.29 is 4.39 Å². The van der Waals surface area contributed by atoms with Crippen LogP contribution in [-0.4, -0.2) is 9.55 Å². The molecule has 0 amide bonds. The second kappa shape index (κ2) is 4.43. The van der Waals surface area contributed by atoms with Crippen molar-refractivity contribution in [2.75, 3.05) is 0 Å². The molecule has 0 saturated carbocycles. The van der Waals surface area contributed by atoms with E-state index in [0.717, 1.165) is 15.5 Å². The molecule has 1 heterocycles. The summed E-state index contributed by atoms with van der Waals surface area (Å²) in [7, 11) is 0. The summed E-state index contributed by atoms with van der Waals surface area (Å²) in [5.74, 6) is -0.310. The molecule has 0 bridgehead atoms. The summed E-state index contributed by atoms with van der Waals surface area (Å²) >= 11 is 11.6. The van der Waals surface area contributed by atoms with E-state index < -0.39 is 0 Å². The Hall–Kier alpha value is -0.460. The Morgan fingerprint density at radius 3 is 2.88 bits per heavy atom. The van der Waals surface area contributed by atoms with Gasteiger partial charge in [0.25, 0.3) is 0 Å². The van der Waals surface area contributed by atoms with Crippen LogP contribution in [0.1, 0.15) is 0 Å². The van der Waals surface area contributed by atoms with Crippen molar-refractivity contribution in [3.05, 3.63) is 38.3 Å². The highest BCUT2D eigenvalue weighted by atomic mass is 79.9. The van der Waals surface area contributed by atoms with Gasteiger partial charge in [0.05, 0.1) is 22.1 Å². The van der Waals surface area contributed by atoms with Crippen LogP contribution in [0.15, 0.2) is 27.7 Å². The molecule has 1 N–H and O–H groups in total. The van der Waals surface area contributed by atoms with Gasteiger partial charge in [0.1, 0.15) is 5.82 Å². The largest absolute Gasteiger partial charge is 0.331 e. The van der Waals surface area contributed by atoms with E-state index in [1.54, 1.807) is 10.6 Å². The number of rotatable bonds is 2. The maximum absolute atomic E-state index is 13.4. The number of hydrogen-bond donors (Lipinski definition) is 1. The molecule has 2 rings (SSSR count). The number of aromatic nitrogens is 2. The van der Waals surface area contributed by atoms with Crippen LogP contribution in [0.2, 0.25) is 0 Å². The molecule has 0 aliphatic rings. The average Bonchev–Trinajstić information content (AvgIpc) is 2.45. The SMILES string of the molecule is C=C(Br)Cn1c(=S)[nH]c2cc(Br)c(F)cc21. The lowest BCUT2D eigenvalue weighted by molar-refractivity contribution is 0.622. The number of benzene rings is 1. The number of imidazole rings is 1. The predicted octanol–water partition coefficient (Wildman–Crippen LogP) is 4.51. The molecule has 6 heteroatoms. The fraction of sp³-hybridized carbons (Fsp3) is 0.100. The van der Waals surface area contributed by atoms with E-state index in [1.165, 1.54) is 6.07 Å². The number of H-pyrrole nitrogens is 1. The molecule has 0 saturated heterocycles.